The fourth-order valence-corrected chi connectivity index (χ4v) is 5.09. The van der Waals surface area contributed by atoms with E-state index < -0.39 is 35.5 Å². The number of anilines is 1. The molecule has 2 atom stereocenters. The van der Waals surface area contributed by atoms with Crippen LogP contribution >= 0.6 is 23.4 Å². The normalized spacial score (nSPS) is 17.3. The number of esters is 1. The third-order valence-electron chi connectivity index (χ3n) is 5.76. The lowest BCUT2D eigenvalue weighted by Gasteiger charge is -2.31. The summed E-state index contributed by atoms with van der Waals surface area (Å²) in [6, 6.07) is 11.8. The Labute approximate surface area is 227 Å². The van der Waals surface area contributed by atoms with Gasteiger partial charge in [-0.05, 0) is 43.2 Å². The summed E-state index contributed by atoms with van der Waals surface area (Å²) in [6.07, 6.45) is -3.42. The number of halogens is 4. The molecule has 1 heterocycles. The van der Waals surface area contributed by atoms with E-state index in [0.717, 1.165) is 17.8 Å². The maximum atomic E-state index is 14.0. The first-order valence-electron chi connectivity index (χ1n) is 11.3. The van der Waals surface area contributed by atoms with Crippen molar-refractivity contribution in [2.75, 3.05) is 17.7 Å². The zero-order valence-electron chi connectivity index (χ0n) is 20.4. The zero-order chi connectivity index (χ0) is 28.0. The highest BCUT2D eigenvalue weighted by Gasteiger charge is 2.44. The van der Waals surface area contributed by atoms with Gasteiger partial charge in [0.05, 0.1) is 28.0 Å². The average Bonchev–Trinajstić information content (AvgIpc) is 2.87. The van der Waals surface area contributed by atoms with Gasteiger partial charge in [-0.3, -0.25) is 4.79 Å². The first-order chi connectivity index (χ1) is 18.0. The van der Waals surface area contributed by atoms with Crippen LogP contribution in [0.2, 0.25) is 5.02 Å². The summed E-state index contributed by atoms with van der Waals surface area (Å²) in [7, 11) is 0. The maximum Gasteiger partial charge on any atom is 0.416 e. The van der Waals surface area contributed by atoms with E-state index in [1.807, 2.05) is 6.07 Å². The molecule has 0 saturated heterocycles. The standard InChI is InChI=1S/C27H23ClF3N3O3S/c1-4-12-37-26(36)23-16(3)33-25(38-14-22(35)34-21-11-7-10-20(28)15(21)2)18(13-32)24(23)17-8-5-6-9-19(17)27(29,30)31/h4-11,18,24H,1,12,14H2,2-3H3,(H,34,35)/t18?,24-/m0/s1. The van der Waals surface area contributed by atoms with Gasteiger partial charge < -0.3 is 10.1 Å². The van der Waals surface area contributed by atoms with Crippen LogP contribution in [0.25, 0.3) is 0 Å². The molecule has 1 aliphatic heterocycles. The minimum absolute atomic E-state index is 0.0983. The minimum atomic E-state index is -4.74. The Hall–Kier alpha value is -3.55. The highest BCUT2D eigenvalue weighted by molar-refractivity contribution is 8.14. The fourth-order valence-electron chi connectivity index (χ4n) is 4.00. The number of allylic oxidation sites excluding steroid dienone is 1. The van der Waals surface area contributed by atoms with Gasteiger partial charge in [0.15, 0.2) is 0 Å². The molecule has 1 amide bonds. The zero-order valence-corrected chi connectivity index (χ0v) is 22.0. The molecule has 0 bridgehead atoms. The van der Waals surface area contributed by atoms with Crippen LogP contribution in [0, 0.1) is 24.2 Å². The predicted molar refractivity (Wildman–Crippen MR) is 142 cm³/mol. The molecule has 2 aromatic carbocycles. The summed E-state index contributed by atoms with van der Waals surface area (Å²) in [5.74, 6) is -4.11. The second-order valence-electron chi connectivity index (χ2n) is 8.25. The molecule has 0 spiro atoms. The van der Waals surface area contributed by atoms with E-state index in [9.17, 15) is 28.0 Å². The Balaban J connectivity index is 2.00. The largest absolute Gasteiger partial charge is 0.458 e. The molecule has 198 valence electrons. The maximum absolute atomic E-state index is 14.0. The van der Waals surface area contributed by atoms with Crippen molar-refractivity contribution in [3.8, 4) is 6.07 Å². The topological polar surface area (TPSA) is 91.5 Å². The third kappa shape index (κ3) is 6.47. The second-order valence-corrected chi connectivity index (χ2v) is 9.66. The Morgan fingerprint density at radius 2 is 1.95 bits per heavy atom. The van der Waals surface area contributed by atoms with Gasteiger partial charge in [0.1, 0.15) is 12.5 Å². The summed E-state index contributed by atoms with van der Waals surface area (Å²) in [5, 5.41) is 13.4. The highest BCUT2D eigenvalue weighted by atomic mass is 35.5. The minimum Gasteiger partial charge on any atom is -0.458 e. The van der Waals surface area contributed by atoms with E-state index in [1.54, 1.807) is 25.1 Å². The molecule has 0 aromatic heterocycles. The van der Waals surface area contributed by atoms with Crippen LogP contribution in [0.4, 0.5) is 18.9 Å². The summed E-state index contributed by atoms with van der Waals surface area (Å²) >= 11 is 7.01. The van der Waals surface area contributed by atoms with Gasteiger partial charge in [-0.1, -0.05) is 60.3 Å². The number of alkyl halides is 3. The van der Waals surface area contributed by atoms with E-state index in [2.05, 4.69) is 16.9 Å². The van der Waals surface area contributed by atoms with E-state index in [-0.39, 0.29) is 34.2 Å². The van der Waals surface area contributed by atoms with E-state index in [1.165, 1.54) is 31.2 Å². The number of rotatable bonds is 7. The van der Waals surface area contributed by atoms with Gasteiger partial charge in [0, 0.05) is 22.3 Å². The molecule has 6 nitrogen and oxygen atoms in total. The molecule has 38 heavy (non-hydrogen) atoms. The van der Waals surface area contributed by atoms with Crippen molar-refractivity contribution in [2.24, 2.45) is 10.9 Å². The van der Waals surface area contributed by atoms with E-state index in [0.29, 0.717) is 16.3 Å². The van der Waals surface area contributed by atoms with Crippen LogP contribution in [-0.4, -0.2) is 29.3 Å². The third-order valence-corrected chi connectivity index (χ3v) is 7.22. The van der Waals surface area contributed by atoms with Gasteiger partial charge in [0.25, 0.3) is 0 Å². The molecule has 1 aliphatic rings. The molecule has 11 heteroatoms. The van der Waals surface area contributed by atoms with Crippen LogP contribution in [-0.2, 0) is 20.5 Å². The summed E-state index contributed by atoms with van der Waals surface area (Å²) in [5.41, 5.74) is -0.121. The monoisotopic (exact) mass is 561 g/mol. The number of ether oxygens (including phenoxy) is 1. The van der Waals surface area contributed by atoms with Crippen molar-refractivity contribution in [2.45, 2.75) is 25.9 Å². The van der Waals surface area contributed by atoms with Gasteiger partial charge in [-0.15, -0.1) is 0 Å². The van der Waals surface area contributed by atoms with Gasteiger partial charge in [-0.25, -0.2) is 9.79 Å². The predicted octanol–water partition coefficient (Wildman–Crippen LogP) is 6.68. The number of benzene rings is 2. The van der Waals surface area contributed by atoms with Crippen molar-refractivity contribution in [3.05, 3.63) is 88.1 Å². The van der Waals surface area contributed by atoms with Crippen LogP contribution < -0.4 is 5.32 Å². The average molecular weight is 562 g/mol. The number of thioether (sulfide) groups is 1. The fraction of sp³-hybridized carbons (Fsp3) is 0.259. The number of nitrogens with zero attached hydrogens (tertiary/aromatic N) is 2. The van der Waals surface area contributed by atoms with Gasteiger partial charge in [0.2, 0.25) is 5.91 Å². The summed E-state index contributed by atoms with van der Waals surface area (Å²) < 4.78 is 47.0. The molecule has 3 rings (SSSR count). The van der Waals surface area contributed by atoms with Crippen LogP contribution in [0.5, 0.6) is 0 Å². The Bertz CT molecular complexity index is 1370. The first kappa shape index (κ1) is 29.0. The summed E-state index contributed by atoms with van der Waals surface area (Å²) in [6.45, 7) is 6.50. The lowest BCUT2D eigenvalue weighted by molar-refractivity contribution is -0.140. The lowest BCUT2D eigenvalue weighted by atomic mass is 9.77. The van der Waals surface area contributed by atoms with E-state index >= 15 is 0 Å². The molecule has 2 aromatic rings. The lowest BCUT2D eigenvalue weighted by Crippen LogP contribution is -2.31. The number of amides is 1. The SMILES string of the molecule is C=CCOC(=O)C1=C(C)N=C(SCC(=O)Nc2cccc(Cl)c2C)C(C#N)[C@@H]1c1ccccc1C(F)(F)F. The quantitative estimate of drug-likeness (QED) is 0.301. The van der Waals surface area contributed by atoms with Crippen LogP contribution in [0.1, 0.15) is 29.5 Å². The molecule has 0 aliphatic carbocycles. The number of nitrogens with one attached hydrogen (secondary N) is 1. The summed E-state index contributed by atoms with van der Waals surface area (Å²) in [4.78, 5) is 30.0. The van der Waals surface area contributed by atoms with E-state index in [4.69, 9.17) is 16.3 Å². The number of hydrogen-bond donors (Lipinski definition) is 1. The molecule has 1 N–H and O–H groups in total. The van der Waals surface area contributed by atoms with Gasteiger partial charge >= 0.3 is 12.1 Å². The first-order valence-corrected chi connectivity index (χ1v) is 12.7. The molecule has 0 saturated carbocycles. The Morgan fingerprint density at radius 3 is 2.61 bits per heavy atom. The number of carbonyl (C=O) groups excluding carboxylic acids is 2. The molecule has 0 radical (unpaired) electrons. The van der Waals surface area contributed by atoms with Crippen LogP contribution in [0.15, 0.2) is 71.4 Å². The highest BCUT2D eigenvalue weighted by Crippen LogP contribution is 2.45. The number of carbonyl (C=O) groups is 2. The van der Waals surface area contributed by atoms with Crippen LogP contribution in [0.3, 0.4) is 0 Å². The number of aliphatic imine (C=N–C) groups is 1. The molecule has 1 unspecified atom stereocenters. The number of nitriles is 1. The van der Waals surface area contributed by atoms with Crippen molar-refractivity contribution in [1.82, 2.24) is 0 Å². The molecular weight excluding hydrogens is 539 g/mol. The Kier molecular flexibility index (Phi) is 9.41. The Morgan fingerprint density at radius 1 is 1.24 bits per heavy atom. The number of hydrogen-bond acceptors (Lipinski definition) is 6. The van der Waals surface area contributed by atoms with Crippen molar-refractivity contribution in [1.29, 1.82) is 5.26 Å². The van der Waals surface area contributed by atoms with Crippen molar-refractivity contribution in [3.63, 3.8) is 0 Å². The van der Waals surface area contributed by atoms with Gasteiger partial charge in [-0.2, -0.15) is 18.4 Å². The smallest absolute Gasteiger partial charge is 0.416 e. The second kappa shape index (κ2) is 12.3. The molecular formula is C27H23ClF3N3O3S. The van der Waals surface area contributed by atoms with Crippen molar-refractivity contribution >= 4 is 46.0 Å². The molecule has 0 fully saturated rings. The van der Waals surface area contributed by atoms with Crippen molar-refractivity contribution < 1.29 is 27.5 Å².